The Bertz CT molecular complexity index is 485. The fourth-order valence-electron chi connectivity index (χ4n) is 3.09. The Morgan fingerprint density at radius 1 is 1.42 bits per heavy atom. The highest BCUT2D eigenvalue weighted by Crippen LogP contribution is 2.32. The second kappa shape index (κ2) is 4.90. The van der Waals surface area contributed by atoms with Gasteiger partial charge in [0.05, 0.1) is 13.2 Å². The Balaban J connectivity index is 1.78. The van der Waals surface area contributed by atoms with Gasteiger partial charge in [-0.25, -0.2) is 0 Å². The van der Waals surface area contributed by atoms with Crippen LogP contribution in [0, 0.1) is 10.1 Å². The molecule has 102 valence electrons. The summed E-state index contributed by atoms with van der Waals surface area (Å²) in [6.45, 7) is 0.810. The number of nitro groups is 1. The van der Waals surface area contributed by atoms with E-state index in [0.717, 1.165) is 19.3 Å². The molecule has 1 N–H and O–H groups in total. The minimum Gasteiger partial charge on any atom is -0.377 e. The number of hydrogen-bond donors (Lipinski definition) is 1. The summed E-state index contributed by atoms with van der Waals surface area (Å²) in [5, 5.41) is 14.3. The van der Waals surface area contributed by atoms with Gasteiger partial charge in [-0.05, 0) is 30.4 Å². The van der Waals surface area contributed by atoms with Gasteiger partial charge >= 0.3 is 0 Å². The van der Waals surface area contributed by atoms with Gasteiger partial charge in [0.2, 0.25) is 6.54 Å². The first-order chi connectivity index (χ1) is 9.19. The van der Waals surface area contributed by atoms with Gasteiger partial charge in [-0.15, -0.1) is 0 Å². The fourth-order valence-corrected chi connectivity index (χ4v) is 3.09. The summed E-state index contributed by atoms with van der Waals surface area (Å²) in [5.41, 5.74) is 2.18. The van der Waals surface area contributed by atoms with Crippen LogP contribution >= 0.6 is 0 Å². The summed E-state index contributed by atoms with van der Waals surface area (Å²) in [5.74, 6) is 0. The van der Waals surface area contributed by atoms with Crippen LogP contribution in [-0.2, 0) is 11.2 Å². The van der Waals surface area contributed by atoms with Crippen LogP contribution in [-0.4, -0.2) is 30.2 Å². The molecule has 0 amide bonds. The van der Waals surface area contributed by atoms with E-state index < -0.39 is 5.54 Å². The maximum atomic E-state index is 10.8. The third-order valence-electron chi connectivity index (χ3n) is 4.04. The van der Waals surface area contributed by atoms with Crippen LogP contribution < -0.4 is 5.32 Å². The van der Waals surface area contributed by atoms with E-state index in [0.29, 0.717) is 13.2 Å². The molecule has 0 saturated carbocycles. The number of rotatable bonds is 4. The molecule has 1 aromatic rings. The molecule has 1 atom stereocenters. The lowest BCUT2D eigenvalue weighted by Gasteiger charge is -2.42. The van der Waals surface area contributed by atoms with E-state index in [-0.39, 0.29) is 17.5 Å². The number of nitrogens with one attached hydrogen (secondary N) is 1. The van der Waals surface area contributed by atoms with Crippen molar-refractivity contribution in [2.75, 3.05) is 19.8 Å². The zero-order valence-corrected chi connectivity index (χ0v) is 10.8. The van der Waals surface area contributed by atoms with E-state index in [4.69, 9.17) is 4.74 Å². The number of ether oxygens (including phenoxy) is 1. The van der Waals surface area contributed by atoms with Crippen molar-refractivity contribution in [1.29, 1.82) is 0 Å². The molecule has 1 aromatic carbocycles. The number of nitrogens with zero attached hydrogens (tertiary/aromatic N) is 1. The van der Waals surface area contributed by atoms with Crippen molar-refractivity contribution in [3.05, 3.63) is 45.5 Å². The Labute approximate surface area is 112 Å². The molecule has 0 aromatic heterocycles. The molecule has 1 fully saturated rings. The molecule has 1 aliphatic carbocycles. The molecule has 5 nitrogen and oxygen atoms in total. The first kappa shape index (κ1) is 12.6. The first-order valence-electron chi connectivity index (χ1n) is 6.74. The van der Waals surface area contributed by atoms with Gasteiger partial charge < -0.3 is 4.74 Å². The van der Waals surface area contributed by atoms with Gasteiger partial charge in [0.15, 0.2) is 0 Å². The predicted octanol–water partition coefficient (Wildman–Crippen LogP) is 1.70. The molecule has 1 heterocycles. The summed E-state index contributed by atoms with van der Waals surface area (Å²) >= 11 is 0. The number of benzene rings is 1. The second-order valence-corrected chi connectivity index (χ2v) is 5.55. The van der Waals surface area contributed by atoms with Crippen LogP contribution in [0.4, 0.5) is 0 Å². The minimum atomic E-state index is -0.474. The van der Waals surface area contributed by atoms with E-state index in [1.54, 1.807) is 0 Å². The molecule has 5 heteroatoms. The molecule has 1 aliphatic heterocycles. The van der Waals surface area contributed by atoms with Gasteiger partial charge in [0, 0.05) is 11.0 Å². The standard InChI is InChI=1S/C14H18N2O3/c17-16(18)8-14(9-19-10-14)15-13-7-3-5-11-4-1-2-6-12(11)13/h1-2,4,6,13,15H,3,5,7-10H2/t13-/m1/s1. The summed E-state index contributed by atoms with van der Waals surface area (Å²) in [7, 11) is 0. The highest BCUT2D eigenvalue weighted by molar-refractivity contribution is 5.32. The lowest BCUT2D eigenvalue weighted by atomic mass is 9.85. The third-order valence-corrected chi connectivity index (χ3v) is 4.04. The smallest absolute Gasteiger partial charge is 0.226 e. The maximum absolute atomic E-state index is 10.8. The van der Waals surface area contributed by atoms with Crippen molar-refractivity contribution in [3.63, 3.8) is 0 Å². The van der Waals surface area contributed by atoms with Crippen LogP contribution in [0.2, 0.25) is 0 Å². The van der Waals surface area contributed by atoms with Crippen LogP contribution in [0.1, 0.15) is 30.0 Å². The minimum absolute atomic E-state index is 0.0638. The molecular formula is C14H18N2O3. The van der Waals surface area contributed by atoms with Crippen molar-refractivity contribution in [1.82, 2.24) is 5.32 Å². The Morgan fingerprint density at radius 2 is 2.21 bits per heavy atom. The SMILES string of the molecule is O=[N+]([O-])CC1(N[C@@H]2CCCc3ccccc32)COC1. The largest absolute Gasteiger partial charge is 0.377 e. The van der Waals surface area contributed by atoms with E-state index in [2.05, 4.69) is 23.5 Å². The Morgan fingerprint density at radius 3 is 2.89 bits per heavy atom. The van der Waals surface area contributed by atoms with Crippen LogP contribution in [0.5, 0.6) is 0 Å². The molecule has 0 bridgehead atoms. The molecular weight excluding hydrogens is 244 g/mol. The highest BCUT2D eigenvalue weighted by Gasteiger charge is 2.45. The summed E-state index contributed by atoms with van der Waals surface area (Å²) in [4.78, 5) is 10.6. The lowest BCUT2D eigenvalue weighted by molar-refractivity contribution is -0.499. The van der Waals surface area contributed by atoms with Gasteiger partial charge in [-0.3, -0.25) is 15.4 Å². The monoisotopic (exact) mass is 262 g/mol. The van der Waals surface area contributed by atoms with E-state index in [9.17, 15) is 10.1 Å². The van der Waals surface area contributed by atoms with Crippen LogP contribution in [0.15, 0.2) is 24.3 Å². The van der Waals surface area contributed by atoms with E-state index in [1.807, 2.05) is 6.07 Å². The summed E-state index contributed by atoms with van der Waals surface area (Å²) < 4.78 is 5.20. The maximum Gasteiger partial charge on any atom is 0.226 e. The first-order valence-corrected chi connectivity index (χ1v) is 6.74. The number of hydrogen-bond acceptors (Lipinski definition) is 4. The van der Waals surface area contributed by atoms with Gasteiger partial charge in [-0.1, -0.05) is 24.3 Å². The zero-order valence-electron chi connectivity index (χ0n) is 10.8. The predicted molar refractivity (Wildman–Crippen MR) is 70.7 cm³/mol. The number of aryl methyl sites for hydroxylation is 1. The van der Waals surface area contributed by atoms with Gasteiger partial charge in [0.25, 0.3) is 0 Å². The Kier molecular flexibility index (Phi) is 3.24. The molecule has 0 unspecified atom stereocenters. The normalized spacial score (nSPS) is 24.3. The summed E-state index contributed by atoms with van der Waals surface area (Å²) in [6, 6.07) is 8.59. The molecule has 3 rings (SSSR count). The number of fused-ring (bicyclic) bond motifs is 1. The topological polar surface area (TPSA) is 64.4 Å². The second-order valence-electron chi connectivity index (χ2n) is 5.55. The van der Waals surface area contributed by atoms with Crippen molar-refractivity contribution in [3.8, 4) is 0 Å². The highest BCUT2D eigenvalue weighted by atomic mass is 16.6. The molecule has 2 aliphatic rings. The molecule has 0 radical (unpaired) electrons. The third kappa shape index (κ3) is 2.48. The Hall–Kier alpha value is -1.46. The molecule has 0 spiro atoms. The zero-order chi connectivity index (χ0) is 13.3. The molecule has 1 saturated heterocycles. The van der Waals surface area contributed by atoms with E-state index in [1.165, 1.54) is 11.1 Å². The van der Waals surface area contributed by atoms with E-state index >= 15 is 0 Å². The quantitative estimate of drug-likeness (QED) is 0.662. The fraction of sp³-hybridized carbons (Fsp3) is 0.571. The average Bonchev–Trinajstić information content (AvgIpc) is 2.36. The van der Waals surface area contributed by atoms with Crippen LogP contribution in [0.25, 0.3) is 0 Å². The van der Waals surface area contributed by atoms with Crippen molar-refractivity contribution in [2.45, 2.75) is 30.8 Å². The van der Waals surface area contributed by atoms with Gasteiger partial charge in [-0.2, -0.15) is 0 Å². The van der Waals surface area contributed by atoms with Gasteiger partial charge in [0.1, 0.15) is 5.54 Å². The summed E-state index contributed by atoms with van der Waals surface area (Å²) in [6.07, 6.45) is 3.27. The van der Waals surface area contributed by atoms with Crippen LogP contribution in [0.3, 0.4) is 0 Å². The van der Waals surface area contributed by atoms with Crippen molar-refractivity contribution >= 4 is 0 Å². The average molecular weight is 262 g/mol. The van der Waals surface area contributed by atoms with Crippen molar-refractivity contribution in [2.24, 2.45) is 0 Å². The lowest BCUT2D eigenvalue weighted by Crippen LogP contribution is -2.65. The molecule has 19 heavy (non-hydrogen) atoms. The van der Waals surface area contributed by atoms with Crippen molar-refractivity contribution < 1.29 is 9.66 Å².